The van der Waals surface area contributed by atoms with Crippen LogP contribution in [-0.4, -0.2) is 51.8 Å². The lowest BCUT2D eigenvalue weighted by molar-refractivity contribution is -0.148. The first kappa shape index (κ1) is 29.9. The van der Waals surface area contributed by atoms with Gasteiger partial charge in [0.25, 0.3) is 5.60 Å². The molecule has 1 rings (SSSR count). The normalized spacial score (nSPS) is 12.0. The van der Waals surface area contributed by atoms with Crippen molar-refractivity contribution < 1.29 is 9.53 Å². The van der Waals surface area contributed by atoms with Gasteiger partial charge in [0.05, 0.1) is 0 Å². The van der Waals surface area contributed by atoms with E-state index in [9.17, 15) is 10.1 Å². The van der Waals surface area contributed by atoms with Crippen molar-refractivity contribution in [2.75, 3.05) is 45.8 Å². The zero-order valence-corrected chi connectivity index (χ0v) is 20.9. The highest BCUT2D eigenvalue weighted by atomic mass is 16.6. The molecule has 0 heterocycles. The van der Waals surface area contributed by atoms with Crippen molar-refractivity contribution in [1.82, 2.24) is 16.0 Å². The third kappa shape index (κ3) is 14.7. The second-order valence-corrected chi connectivity index (χ2v) is 7.88. The molecule has 0 fully saturated rings. The summed E-state index contributed by atoms with van der Waals surface area (Å²) in [4.78, 5) is 11.5. The number of nitrogens with one attached hydrogen (secondary N) is 3. The zero-order chi connectivity index (χ0) is 25.5. The molecule has 7 heteroatoms. The summed E-state index contributed by atoms with van der Waals surface area (Å²) >= 11 is 0. The predicted molar refractivity (Wildman–Crippen MR) is 141 cm³/mol. The van der Waals surface area contributed by atoms with Gasteiger partial charge in [0.2, 0.25) is 0 Å². The highest BCUT2D eigenvalue weighted by Crippen LogP contribution is 2.24. The summed E-state index contributed by atoms with van der Waals surface area (Å²) in [5.74, 6) is 10.9. The molecular weight excluding hydrogens is 438 g/mol. The molecule has 0 aromatic heterocycles. The molecule has 35 heavy (non-hydrogen) atoms. The smallest absolute Gasteiger partial charge is 0.305 e. The highest BCUT2D eigenvalue weighted by molar-refractivity contribution is 5.68. The van der Waals surface area contributed by atoms with E-state index in [0.717, 1.165) is 65.1 Å². The number of ether oxygens (including phenoxy) is 1. The number of carbonyl (C=O) groups excluding carboxylic acids is 1. The third-order valence-electron chi connectivity index (χ3n) is 4.88. The maximum atomic E-state index is 11.5. The summed E-state index contributed by atoms with van der Waals surface area (Å²) in [5, 5.41) is 19.9. The molecule has 5 N–H and O–H groups in total. The molecule has 0 saturated carbocycles. The van der Waals surface area contributed by atoms with Crippen molar-refractivity contribution in [1.29, 1.82) is 5.26 Å². The molecule has 0 aliphatic rings. The summed E-state index contributed by atoms with van der Waals surface area (Å²) < 4.78 is 5.25. The second kappa shape index (κ2) is 20.3. The van der Waals surface area contributed by atoms with Crippen LogP contribution in [-0.2, 0) is 15.1 Å². The van der Waals surface area contributed by atoms with Crippen molar-refractivity contribution in [3.05, 3.63) is 48.0 Å². The van der Waals surface area contributed by atoms with Gasteiger partial charge < -0.3 is 26.4 Å². The monoisotopic (exact) mass is 477 g/mol. The van der Waals surface area contributed by atoms with Crippen LogP contribution in [0.3, 0.4) is 0 Å². The fraction of sp³-hybridized carbons (Fsp3) is 0.500. The van der Waals surface area contributed by atoms with Gasteiger partial charge in [-0.25, -0.2) is 0 Å². The lowest BCUT2D eigenvalue weighted by Crippen LogP contribution is -2.28. The highest BCUT2D eigenvalue weighted by Gasteiger charge is 2.33. The first-order valence-corrected chi connectivity index (χ1v) is 12.3. The van der Waals surface area contributed by atoms with Gasteiger partial charge in [-0.15, -0.1) is 0 Å². The first-order valence-electron chi connectivity index (χ1n) is 12.3. The number of esters is 1. The van der Waals surface area contributed by atoms with Crippen LogP contribution in [0, 0.1) is 35.0 Å². The summed E-state index contributed by atoms with van der Waals surface area (Å²) in [6, 6.07) is 10.8. The molecule has 0 amide bonds. The Morgan fingerprint density at radius 3 is 2.17 bits per heavy atom. The summed E-state index contributed by atoms with van der Waals surface area (Å²) in [7, 11) is 0. The minimum atomic E-state index is -1.63. The molecule has 1 atom stereocenters. The molecule has 0 aliphatic heterocycles. The number of nitrogens with two attached hydrogens (primary N) is 1. The number of allylic oxidation sites excluding steroid dienone is 2. The predicted octanol–water partition coefficient (Wildman–Crippen LogP) is 2.21. The summed E-state index contributed by atoms with van der Waals surface area (Å²) in [5.41, 5.74) is 4.34. The van der Waals surface area contributed by atoms with E-state index in [2.05, 4.69) is 39.6 Å². The number of hydrogen-bond donors (Lipinski definition) is 4. The molecule has 188 valence electrons. The lowest BCUT2D eigenvalue weighted by Gasteiger charge is -2.20. The van der Waals surface area contributed by atoms with Gasteiger partial charge in [-0.3, -0.25) is 4.79 Å². The maximum absolute atomic E-state index is 11.5. The van der Waals surface area contributed by atoms with Crippen molar-refractivity contribution in [2.45, 2.75) is 44.6 Å². The first-order chi connectivity index (χ1) is 17.1. The van der Waals surface area contributed by atoms with Crippen molar-refractivity contribution in [2.24, 2.45) is 5.73 Å². The average Bonchev–Trinajstić information content (AvgIpc) is 2.87. The summed E-state index contributed by atoms with van der Waals surface area (Å²) in [6.07, 6.45) is 8.42. The quantitative estimate of drug-likeness (QED) is 0.164. The van der Waals surface area contributed by atoms with E-state index in [1.807, 2.05) is 12.1 Å². The van der Waals surface area contributed by atoms with Crippen LogP contribution in [0.2, 0.25) is 0 Å². The Bertz CT molecular complexity index is 902. The van der Waals surface area contributed by atoms with Gasteiger partial charge in [0, 0.05) is 25.5 Å². The number of carbonyl (C=O) groups is 1. The van der Waals surface area contributed by atoms with E-state index < -0.39 is 11.6 Å². The Balaban J connectivity index is 2.19. The van der Waals surface area contributed by atoms with Gasteiger partial charge >= 0.3 is 5.97 Å². The van der Waals surface area contributed by atoms with Gasteiger partial charge in [-0.2, -0.15) is 5.26 Å². The van der Waals surface area contributed by atoms with Crippen LogP contribution < -0.4 is 21.7 Å². The molecule has 0 bridgehead atoms. The fourth-order valence-corrected chi connectivity index (χ4v) is 3.11. The summed E-state index contributed by atoms with van der Waals surface area (Å²) in [6.45, 7) is 7.95. The molecule has 1 aromatic rings. The molecule has 0 spiro atoms. The molecule has 1 aromatic carbocycles. The van der Waals surface area contributed by atoms with Gasteiger partial charge in [0.1, 0.15) is 6.07 Å². The van der Waals surface area contributed by atoms with Crippen LogP contribution in [0.4, 0.5) is 0 Å². The number of nitrogens with zero attached hydrogens (tertiary/aromatic N) is 1. The van der Waals surface area contributed by atoms with Crippen LogP contribution in [0.5, 0.6) is 0 Å². The molecule has 0 radical (unpaired) electrons. The molecular formula is C28H39N5O2. The SMILES string of the molecule is CC(=O)OC(C#N)(C#C/C=C\C#CCCNCCCNCCCCNCCCN)c1ccccc1. The van der Waals surface area contributed by atoms with Crippen LogP contribution in [0.1, 0.15) is 44.6 Å². The fourth-order valence-electron chi connectivity index (χ4n) is 3.11. The van der Waals surface area contributed by atoms with E-state index in [-0.39, 0.29) is 0 Å². The van der Waals surface area contributed by atoms with Crippen LogP contribution in [0.25, 0.3) is 0 Å². The van der Waals surface area contributed by atoms with E-state index in [1.165, 1.54) is 19.8 Å². The largest absolute Gasteiger partial charge is 0.428 e. The minimum Gasteiger partial charge on any atom is -0.428 e. The molecule has 7 nitrogen and oxygen atoms in total. The third-order valence-corrected chi connectivity index (χ3v) is 4.88. The van der Waals surface area contributed by atoms with Crippen molar-refractivity contribution in [3.63, 3.8) is 0 Å². The van der Waals surface area contributed by atoms with E-state index >= 15 is 0 Å². The Hall–Kier alpha value is -3.12. The van der Waals surface area contributed by atoms with Crippen molar-refractivity contribution in [3.8, 4) is 29.8 Å². The second-order valence-electron chi connectivity index (χ2n) is 7.88. The van der Waals surface area contributed by atoms with Gasteiger partial charge in [-0.1, -0.05) is 48.1 Å². The van der Waals surface area contributed by atoms with E-state index in [0.29, 0.717) is 5.56 Å². The Labute approximate surface area is 210 Å². The minimum absolute atomic E-state index is 0.511. The Morgan fingerprint density at radius 1 is 0.943 bits per heavy atom. The standard InChI is InChI=1S/C28H39N5O2/c1-26(34)35-28(25-30,27-15-7-6-8-16-27)17-9-4-2-3-5-10-19-32-23-14-24-33-21-12-11-20-31-22-13-18-29/h2,4,6-8,15-16,31-33H,10-14,18-24,29H2,1H3/b4-2-. The number of hydrogen-bond acceptors (Lipinski definition) is 7. The van der Waals surface area contributed by atoms with Gasteiger partial charge in [0.15, 0.2) is 0 Å². The Kier molecular flexibility index (Phi) is 17.3. The molecule has 0 saturated heterocycles. The Morgan fingerprint density at radius 2 is 1.54 bits per heavy atom. The van der Waals surface area contributed by atoms with Crippen LogP contribution in [0.15, 0.2) is 42.5 Å². The van der Waals surface area contributed by atoms with Gasteiger partial charge in [-0.05, 0) is 83.0 Å². The van der Waals surface area contributed by atoms with Crippen molar-refractivity contribution >= 4 is 5.97 Å². The van der Waals surface area contributed by atoms with E-state index in [4.69, 9.17) is 10.5 Å². The number of rotatable bonds is 16. The van der Waals surface area contributed by atoms with E-state index in [1.54, 1.807) is 36.4 Å². The number of benzene rings is 1. The molecule has 1 unspecified atom stereocenters. The maximum Gasteiger partial charge on any atom is 0.305 e. The topological polar surface area (TPSA) is 112 Å². The number of unbranched alkanes of at least 4 members (excludes halogenated alkanes) is 1. The lowest BCUT2D eigenvalue weighted by atomic mass is 9.95. The zero-order valence-electron chi connectivity index (χ0n) is 20.9. The average molecular weight is 478 g/mol. The molecule has 0 aliphatic carbocycles. The number of nitriles is 1. The van der Waals surface area contributed by atoms with Crippen LogP contribution >= 0.6 is 0 Å².